The van der Waals surface area contributed by atoms with Gasteiger partial charge < -0.3 is 73.6 Å². The number of aromatic hydroxyl groups is 2. The van der Waals surface area contributed by atoms with E-state index in [1.165, 1.54) is 33.1 Å². The van der Waals surface area contributed by atoms with E-state index in [4.69, 9.17) is 61.1 Å². The molecular weight excluding hydrogens is 983 g/mol. The van der Waals surface area contributed by atoms with E-state index in [-0.39, 0.29) is 35.4 Å². The largest absolute Gasteiger partial charge is 0.505 e. The molecule has 1 aromatic carbocycles. The Morgan fingerprint density at radius 3 is 2.17 bits per heavy atom. The van der Waals surface area contributed by atoms with Gasteiger partial charge in [0.05, 0.1) is 47.5 Å². The molecule has 0 aromatic heterocycles. The maximum Gasteiger partial charge on any atom is 0.342 e. The lowest BCUT2D eigenvalue weighted by atomic mass is 9.88. The Bertz CT molecular complexity index is 2220. The molecular formula is C52H74Cl2O18. The summed E-state index contributed by atoms with van der Waals surface area (Å²) in [6, 6.07) is 0. The van der Waals surface area contributed by atoms with E-state index in [1.807, 2.05) is 32.9 Å². The smallest absolute Gasteiger partial charge is 0.342 e. The minimum absolute atomic E-state index is 0.0372. The van der Waals surface area contributed by atoms with Crippen LogP contribution in [0.25, 0.3) is 0 Å². The highest BCUT2D eigenvalue weighted by Gasteiger charge is 2.53. The molecule has 0 bridgehead atoms. The highest BCUT2D eigenvalue weighted by atomic mass is 35.5. The van der Waals surface area contributed by atoms with Crippen molar-refractivity contribution in [3.63, 3.8) is 0 Å². The van der Waals surface area contributed by atoms with Crippen molar-refractivity contribution in [2.24, 2.45) is 11.8 Å². The predicted octanol–water partition coefficient (Wildman–Crippen LogP) is 6.23. The van der Waals surface area contributed by atoms with Gasteiger partial charge in [0.15, 0.2) is 36.3 Å². The third-order valence-electron chi connectivity index (χ3n) is 13.0. The number of benzene rings is 1. The van der Waals surface area contributed by atoms with Crippen molar-refractivity contribution in [3.05, 3.63) is 79.9 Å². The first-order chi connectivity index (χ1) is 33.7. The number of hydrogen-bond donors (Lipinski definition) is 7. The summed E-state index contributed by atoms with van der Waals surface area (Å²) >= 11 is 12.3. The van der Waals surface area contributed by atoms with Crippen LogP contribution in [0.3, 0.4) is 0 Å². The van der Waals surface area contributed by atoms with Gasteiger partial charge in [0.25, 0.3) is 0 Å². The van der Waals surface area contributed by atoms with E-state index in [0.29, 0.717) is 23.1 Å². The van der Waals surface area contributed by atoms with Crippen LogP contribution in [0.2, 0.25) is 10.0 Å². The number of halogens is 2. The summed E-state index contributed by atoms with van der Waals surface area (Å²) in [4.78, 5) is 40.0. The molecule has 1 unspecified atom stereocenters. The van der Waals surface area contributed by atoms with Gasteiger partial charge in [0, 0.05) is 19.4 Å². The number of methoxy groups -OCH3 is 1. The number of allylic oxidation sites excluding steroid dienone is 4. The van der Waals surface area contributed by atoms with Crippen LogP contribution in [-0.2, 0) is 53.9 Å². The summed E-state index contributed by atoms with van der Waals surface area (Å²) in [5.41, 5.74) is 0.318. The number of carbonyl (C=O) groups excluding carboxylic acids is 3. The number of aliphatic hydroxyl groups is 5. The molecule has 14 atom stereocenters. The number of cyclic esters (lactones) is 1. The van der Waals surface area contributed by atoms with Crippen molar-refractivity contribution < 1.29 is 88.0 Å². The number of aliphatic hydroxyl groups excluding tert-OH is 5. The predicted molar refractivity (Wildman–Crippen MR) is 265 cm³/mol. The number of phenols is 2. The molecule has 18 nitrogen and oxygen atoms in total. The molecule has 7 N–H and O–H groups in total. The minimum Gasteiger partial charge on any atom is -0.505 e. The number of phenolic OH excluding ortho intramolecular Hbond substituents is 2. The fourth-order valence-electron chi connectivity index (χ4n) is 8.60. The van der Waals surface area contributed by atoms with E-state index < -0.39 is 144 Å². The molecule has 404 valence electrons. The van der Waals surface area contributed by atoms with Crippen LogP contribution in [-0.4, -0.2) is 153 Å². The van der Waals surface area contributed by atoms with Crippen molar-refractivity contribution in [2.75, 3.05) is 13.7 Å². The van der Waals surface area contributed by atoms with Gasteiger partial charge in [-0.25, -0.2) is 9.59 Å². The summed E-state index contributed by atoms with van der Waals surface area (Å²) in [6.45, 7) is 18.1. The second kappa shape index (κ2) is 26.5. The first kappa shape index (κ1) is 60.7. The molecule has 0 amide bonds. The molecule has 3 aliphatic heterocycles. The fourth-order valence-corrected chi connectivity index (χ4v) is 9.16. The van der Waals surface area contributed by atoms with Gasteiger partial charge in [-0.15, -0.1) is 0 Å². The van der Waals surface area contributed by atoms with Crippen molar-refractivity contribution in [2.45, 2.75) is 187 Å². The summed E-state index contributed by atoms with van der Waals surface area (Å²) in [5, 5.41) is 76.5. The molecule has 2 saturated heterocycles. The molecule has 0 saturated carbocycles. The summed E-state index contributed by atoms with van der Waals surface area (Å²) < 4.78 is 47.5. The van der Waals surface area contributed by atoms with Gasteiger partial charge in [-0.2, -0.15) is 0 Å². The zero-order valence-corrected chi connectivity index (χ0v) is 44.5. The summed E-state index contributed by atoms with van der Waals surface area (Å²) in [7, 11) is 1.26. The van der Waals surface area contributed by atoms with Crippen LogP contribution < -0.4 is 0 Å². The SMILES string of the molecule is CCc1c(Cl)c(O)c(Cl)c(O)c1C(=O)O[C@H]1[C@H](O)[C@H](OC)C(OC/C2=C\C=C\C[C@H](O)/C(C)=C/[C@H](CC)[C@@H](O[C@@H]3OC(C)(C)[C@@H](OC(=O)C(C)C)[C@H](O)[C@@H]3O)/C(C)=C/C(C)=C/C[C@@H]([C@@H](C)O)OC2=O)O[C@@H]1C. The van der Waals surface area contributed by atoms with E-state index in [0.717, 1.165) is 0 Å². The topological polar surface area (TPSA) is 267 Å². The highest BCUT2D eigenvalue weighted by Crippen LogP contribution is 2.45. The van der Waals surface area contributed by atoms with Gasteiger partial charge in [0.1, 0.15) is 46.7 Å². The van der Waals surface area contributed by atoms with Crippen molar-refractivity contribution in [1.82, 2.24) is 0 Å². The van der Waals surface area contributed by atoms with Crippen LogP contribution in [0.5, 0.6) is 11.5 Å². The quantitative estimate of drug-likeness (QED) is 0.0655. The lowest BCUT2D eigenvalue weighted by Crippen LogP contribution is -2.64. The molecule has 4 rings (SSSR count). The number of esters is 3. The molecule has 0 radical (unpaired) electrons. The van der Waals surface area contributed by atoms with Crippen molar-refractivity contribution >= 4 is 41.1 Å². The Labute approximate surface area is 431 Å². The fraction of sp³-hybridized carbons (Fsp3) is 0.635. The van der Waals surface area contributed by atoms with Crippen molar-refractivity contribution in [3.8, 4) is 11.5 Å². The third kappa shape index (κ3) is 14.7. The van der Waals surface area contributed by atoms with Crippen LogP contribution >= 0.6 is 23.2 Å². The Morgan fingerprint density at radius 2 is 1.57 bits per heavy atom. The number of ether oxygens (including phenoxy) is 8. The average molecular weight is 1060 g/mol. The van der Waals surface area contributed by atoms with E-state index in [2.05, 4.69) is 0 Å². The Balaban J connectivity index is 1.61. The van der Waals surface area contributed by atoms with Gasteiger partial charge in [-0.05, 0) is 90.5 Å². The molecule has 3 heterocycles. The lowest BCUT2D eigenvalue weighted by molar-refractivity contribution is -0.333. The molecule has 0 aliphatic carbocycles. The Hall–Kier alpha value is -3.89. The van der Waals surface area contributed by atoms with Gasteiger partial charge in [-0.3, -0.25) is 4.79 Å². The van der Waals surface area contributed by atoms with Gasteiger partial charge >= 0.3 is 17.9 Å². The number of carbonyl (C=O) groups is 3. The molecule has 0 spiro atoms. The second-order valence-corrected chi connectivity index (χ2v) is 20.1. The van der Waals surface area contributed by atoms with Crippen LogP contribution in [0.1, 0.15) is 111 Å². The van der Waals surface area contributed by atoms with E-state index in [1.54, 1.807) is 53.7 Å². The van der Waals surface area contributed by atoms with E-state index >= 15 is 0 Å². The molecule has 1 aromatic rings. The normalized spacial score (nSPS) is 34.8. The first-order valence-corrected chi connectivity index (χ1v) is 24.9. The summed E-state index contributed by atoms with van der Waals surface area (Å²) in [6.07, 6.45) is -5.45. The average Bonchev–Trinajstić information content (AvgIpc) is 3.32. The standard InChI is InChI=1S/C52H74Cl2O18/c1-13-30-22-26(6)33(56)18-16-15-17-31(23-66-51-45(65-12)42(61)44(29(9)67-51)69-49(64)35-32(14-2)36(53)39(58)37(54)38(35)57)48(63)68-34(28(8)55)20-19-25(5)21-27(7)43(30)70-50-41(60)40(59)46(52(10,11)72-50)71-47(62)24(3)4/h15-17,19,21-22,24,28-30,33-34,40-46,50-51,55-61H,13-14,18,20,23H2,1-12H3/b16-15+,25-19+,26-22+,27-21+,31-17+/t28-,29-,30+,33+,34+,40-,41+,42+,43+,44-,45+,46+,50-,51?/m1/s1. The van der Waals surface area contributed by atoms with Gasteiger partial charge in [-0.1, -0.05) is 86.9 Å². The maximum atomic E-state index is 13.9. The second-order valence-electron chi connectivity index (χ2n) is 19.4. The number of rotatable bonds is 13. The Kier molecular flexibility index (Phi) is 22.4. The maximum absolute atomic E-state index is 13.9. The third-order valence-corrected chi connectivity index (χ3v) is 13.8. The zero-order chi connectivity index (χ0) is 54.1. The molecule has 3 aliphatic rings. The first-order valence-electron chi connectivity index (χ1n) is 24.2. The minimum atomic E-state index is -1.61. The molecule has 2 fully saturated rings. The lowest BCUT2D eigenvalue weighted by Gasteiger charge is -2.47. The van der Waals surface area contributed by atoms with Crippen LogP contribution in [0.15, 0.2) is 58.7 Å². The zero-order valence-electron chi connectivity index (χ0n) is 43.0. The highest BCUT2D eigenvalue weighted by molar-refractivity contribution is 6.39. The Morgan fingerprint density at radius 1 is 0.903 bits per heavy atom. The van der Waals surface area contributed by atoms with Crippen molar-refractivity contribution in [1.29, 1.82) is 0 Å². The molecule has 20 heteroatoms. The summed E-state index contributed by atoms with van der Waals surface area (Å²) in [5.74, 6) is -4.78. The van der Waals surface area contributed by atoms with Crippen LogP contribution in [0.4, 0.5) is 0 Å². The molecule has 72 heavy (non-hydrogen) atoms. The number of hydrogen-bond acceptors (Lipinski definition) is 18. The van der Waals surface area contributed by atoms with Gasteiger partial charge in [0.2, 0.25) is 0 Å². The van der Waals surface area contributed by atoms with Crippen LogP contribution in [0, 0.1) is 11.8 Å². The van der Waals surface area contributed by atoms with E-state index in [9.17, 15) is 50.1 Å². The monoisotopic (exact) mass is 1060 g/mol.